The first-order valence-electron chi connectivity index (χ1n) is 9.99. The molecule has 7 heteroatoms. The van der Waals surface area contributed by atoms with Crippen molar-refractivity contribution >= 4 is 40.7 Å². The predicted molar refractivity (Wildman–Crippen MR) is 124 cm³/mol. The van der Waals surface area contributed by atoms with Gasteiger partial charge in [-0.3, -0.25) is 14.4 Å². The SMILES string of the molecule is Cc1ccccc1N1C(=O)C(Cl)=C(Nc2cccc(C(=O)NCc3ccccc3)c2)C1=O. The number of nitrogens with one attached hydrogen (secondary N) is 2. The number of aryl methyl sites for hydroxylation is 1. The summed E-state index contributed by atoms with van der Waals surface area (Å²) in [4.78, 5) is 39.3. The zero-order valence-electron chi connectivity index (χ0n) is 17.3. The van der Waals surface area contributed by atoms with Crippen LogP contribution in [0.5, 0.6) is 0 Å². The molecular weight excluding hydrogens is 426 g/mol. The highest BCUT2D eigenvalue weighted by atomic mass is 35.5. The fourth-order valence-electron chi connectivity index (χ4n) is 3.41. The van der Waals surface area contributed by atoms with Crippen LogP contribution < -0.4 is 15.5 Å². The van der Waals surface area contributed by atoms with Gasteiger partial charge in [-0.15, -0.1) is 0 Å². The molecule has 0 bridgehead atoms. The lowest BCUT2D eigenvalue weighted by molar-refractivity contribution is -0.120. The van der Waals surface area contributed by atoms with E-state index in [1.807, 2.05) is 49.4 Å². The number of hydrogen-bond acceptors (Lipinski definition) is 4. The van der Waals surface area contributed by atoms with Crippen molar-refractivity contribution in [1.29, 1.82) is 0 Å². The van der Waals surface area contributed by atoms with Crippen molar-refractivity contribution in [3.63, 3.8) is 0 Å². The molecule has 160 valence electrons. The number of nitrogens with zero attached hydrogens (tertiary/aromatic N) is 1. The van der Waals surface area contributed by atoms with Gasteiger partial charge in [0.25, 0.3) is 17.7 Å². The Kier molecular flexibility index (Phi) is 6.05. The van der Waals surface area contributed by atoms with Gasteiger partial charge in [-0.1, -0.05) is 66.2 Å². The highest BCUT2D eigenvalue weighted by Gasteiger charge is 2.39. The van der Waals surface area contributed by atoms with E-state index in [9.17, 15) is 14.4 Å². The van der Waals surface area contributed by atoms with Crippen LogP contribution in [0.1, 0.15) is 21.5 Å². The van der Waals surface area contributed by atoms with Crippen molar-refractivity contribution in [3.05, 3.63) is 106 Å². The van der Waals surface area contributed by atoms with Crippen LogP contribution in [0, 0.1) is 6.92 Å². The van der Waals surface area contributed by atoms with Crippen LogP contribution in [-0.4, -0.2) is 17.7 Å². The zero-order chi connectivity index (χ0) is 22.7. The lowest BCUT2D eigenvalue weighted by Crippen LogP contribution is -2.32. The van der Waals surface area contributed by atoms with E-state index < -0.39 is 11.8 Å². The smallest absolute Gasteiger partial charge is 0.283 e. The molecule has 0 fully saturated rings. The third-order valence-electron chi connectivity index (χ3n) is 5.07. The van der Waals surface area contributed by atoms with Crippen LogP contribution >= 0.6 is 11.6 Å². The normalized spacial score (nSPS) is 13.5. The summed E-state index contributed by atoms with van der Waals surface area (Å²) in [5.41, 5.74) is 3.09. The Balaban J connectivity index is 1.50. The Morgan fingerprint density at radius 3 is 2.38 bits per heavy atom. The molecule has 3 aromatic rings. The molecule has 0 unspecified atom stereocenters. The lowest BCUT2D eigenvalue weighted by Gasteiger charge is -2.17. The van der Waals surface area contributed by atoms with Crippen LogP contribution in [0.15, 0.2) is 89.6 Å². The fourth-order valence-corrected chi connectivity index (χ4v) is 3.62. The van der Waals surface area contributed by atoms with E-state index in [1.54, 1.807) is 36.4 Å². The lowest BCUT2D eigenvalue weighted by atomic mass is 10.1. The van der Waals surface area contributed by atoms with E-state index in [2.05, 4.69) is 10.6 Å². The van der Waals surface area contributed by atoms with Crippen molar-refractivity contribution in [2.75, 3.05) is 10.2 Å². The van der Waals surface area contributed by atoms with Crippen molar-refractivity contribution in [3.8, 4) is 0 Å². The average Bonchev–Trinajstić information content (AvgIpc) is 3.02. The molecule has 3 amide bonds. The molecule has 32 heavy (non-hydrogen) atoms. The third-order valence-corrected chi connectivity index (χ3v) is 5.42. The van der Waals surface area contributed by atoms with E-state index in [-0.39, 0.29) is 16.6 Å². The molecule has 4 rings (SSSR count). The Morgan fingerprint density at radius 1 is 0.906 bits per heavy atom. The highest BCUT2D eigenvalue weighted by Crippen LogP contribution is 2.31. The number of halogens is 1. The first-order valence-corrected chi connectivity index (χ1v) is 10.4. The number of imide groups is 1. The van der Waals surface area contributed by atoms with Gasteiger partial charge in [-0.2, -0.15) is 0 Å². The minimum Gasteiger partial charge on any atom is -0.350 e. The van der Waals surface area contributed by atoms with Gasteiger partial charge in [-0.05, 0) is 42.3 Å². The van der Waals surface area contributed by atoms with Crippen LogP contribution in [0.2, 0.25) is 0 Å². The quantitative estimate of drug-likeness (QED) is 0.552. The number of benzene rings is 3. The first kappa shape index (κ1) is 21.3. The number of hydrogen-bond donors (Lipinski definition) is 2. The van der Waals surface area contributed by atoms with Crippen molar-refractivity contribution in [2.24, 2.45) is 0 Å². The van der Waals surface area contributed by atoms with Gasteiger partial charge in [0, 0.05) is 17.8 Å². The van der Waals surface area contributed by atoms with Crippen LogP contribution in [-0.2, 0) is 16.1 Å². The molecule has 0 radical (unpaired) electrons. The molecular formula is C25H20ClN3O3. The summed E-state index contributed by atoms with van der Waals surface area (Å²) in [5.74, 6) is -1.40. The molecule has 0 aromatic heterocycles. The third kappa shape index (κ3) is 4.26. The Morgan fingerprint density at radius 2 is 1.62 bits per heavy atom. The monoisotopic (exact) mass is 445 g/mol. The minimum absolute atomic E-state index is 0.0261. The molecule has 0 spiro atoms. The molecule has 2 N–H and O–H groups in total. The molecule has 3 aromatic carbocycles. The maximum Gasteiger partial charge on any atom is 0.283 e. The fraction of sp³-hybridized carbons (Fsp3) is 0.0800. The van der Waals surface area contributed by atoms with Crippen LogP contribution in [0.25, 0.3) is 0 Å². The summed E-state index contributed by atoms with van der Waals surface area (Å²) < 4.78 is 0. The Labute approximate surface area is 190 Å². The molecule has 0 aliphatic carbocycles. The summed E-state index contributed by atoms with van der Waals surface area (Å²) in [7, 11) is 0. The standard InChI is InChI=1S/C25H20ClN3O3/c1-16-8-5-6-13-20(16)29-24(31)21(26)22(25(29)32)28-19-12-7-11-18(14-19)23(30)27-15-17-9-3-2-4-10-17/h2-14,28H,15H2,1H3,(H,27,30). The number of rotatable bonds is 6. The second-order valence-corrected chi connectivity index (χ2v) is 7.67. The van der Waals surface area contributed by atoms with E-state index in [4.69, 9.17) is 11.6 Å². The van der Waals surface area contributed by atoms with E-state index in [1.165, 1.54) is 0 Å². The van der Waals surface area contributed by atoms with Gasteiger partial charge < -0.3 is 10.6 Å². The van der Waals surface area contributed by atoms with Crippen molar-refractivity contribution in [2.45, 2.75) is 13.5 Å². The van der Waals surface area contributed by atoms with Crippen LogP contribution in [0.3, 0.4) is 0 Å². The minimum atomic E-state index is -0.592. The molecule has 1 aliphatic heterocycles. The van der Waals surface area contributed by atoms with Crippen molar-refractivity contribution < 1.29 is 14.4 Å². The maximum atomic E-state index is 13.0. The van der Waals surface area contributed by atoms with E-state index in [0.29, 0.717) is 23.5 Å². The summed E-state index contributed by atoms with van der Waals surface area (Å²) >= 11 is 6.22. The van der Waals surface area contributed by atoms with Gasteiger partial charge >= 0.3 is 0 Å². The molecule has 1 heterocycles. The number of carbonyl (C=O) groups is 3. The number of amides is 3. The molecule has 0 saturated carbocycles. The Bertz CT molecular complexity index is 1240. The molecule has 1 aliphatic rings. The van der Waals surface area contributed by atoms with E-state index in [0.717, 1.165) is 16.0 Å². The molecule has 0 saturated heterocycles. The van der Waals surface area contributed by atoms with Crippen LogP contribution in [0.4, 0.5) is 11.4 Å². The summed E-state index contributed by atoms with van der Waals surface area (Å²) in [5, 5.41) is 5.58. The van der Waals surface area contributed by atoms with E-state index >= 15 is 0 Å². The summed E-state index contributed by atoms with van der Waals surface area (Å²) in [6.45, 7) is 2.21. The molecule has 6 nitrogen and oxygen atoms in total. The van der Waals surface area contributed by atoms with Gasteiger partial charge in [0.05, 0.1) is 5.69 Å². The number of carbonyl (C=O) groups excluding carboxylic acids is 3. The predicted octanol–water partition coefficient (Wildman–Crippen LogP) is 4.36. The second-order valence-electron chi connectivity index (χ2n) is 7.30. The van der Waals surface area contributed by atoms with Gasteiger partial charge in [0.1, 0.15) is 10.7 Å². The average molecular weight is 446 g/mol. The second kappa shape index (κ2) is 9.08. The molecule has 0 atom stereocenters. The maximum absolute atomic E-state index is 13.0. The summed E-state index contributed by atoms with van der Waals surface area (Å²) in [6.07, 6.45) is 0. The number of anilines is 2. The van der Waals surface area contributed by atoms with Crippen molar-refractivity contribution in [1.82, 2.24) is 5.32 Å². The zero-order valence-corrected chi connectivity index (χ0v) is 18.0. The Hall–Kier alpha value is -3.90. The van der Waals surface area contributed by atoms with Gasteiger partial charge in [0.2, 0.25) is 0 Å². The largest absolute Gasteiger partial charge is 0.350 e. The summed E-state index contributed by atoms with van der Waals surface area (Å²) in [6, 6.07) is 23.3. The first-order chi connectivity index (χ1) is 15.5. The topological polar surface area (TPSA) is 78.5 Å². The number of para-hydroxylation sites is 1. The van der Waals surface area contributed by atoms with Gasteiger partial charge in [0.15, 0.2) is 0 Å². The van der Waals surface area contributed by atoms with Gasteiger partial charge in [-0.25, -0.2) is 4.90 Å². The highest BCUT2D eigenvalue weighted by molar-refractivity contribution is 6.53.